The number of nitrogens with zero attached hydrogens (tertiary/aromatic N) is 5. The summed E-state index contributed by atoms with van der Waals surface area (Å²) in [6.45, 7) is 5.25. The van der Waals surface area contributed by atoms with Gasteiger partial charge in [-0.2, -0.15) is 0 Å². The molecule has 1 unspecified atom stereocenters. The van der Waals surface area contributed by atoms with E-state index in [1.807, 2.05) is 4.31 Å². The minimum absolute atomic E-state index is 0.411. The fraction of sp³-hybridized carbons (Fsp3) is 0.579. The van der Waals surface area contributed by atoms with E-state index >= 15 is 0 Å². The topological polar surface area (TPSA) is 74.3 Å². The van der Waals surface area contributed by atoms with Gasteiger partial charge in [0.05, 0.1) is 23.5 Å². The van der Waals surface area contributed by atoms with Gasteiger partial charge in [-0.25, -0.2) is 9.00 Å². The summed E-state index contributed by atoms with van der Waals surface area (Å²) in [6, 6.07) is 6.07. The fourth-order valence-corrected chi connectivity index (χ4v) is 5.44. The van der Waals surface area contributed by atoms with Gasteiger partial charge < -0.3 is 9.32 Å². The molecule has 2 fully saturated rings. The summed E-state index contributed by atoms with van der Waals surface area (Å²) >= 11 is 0. The number of rotatable bonds is 3. The van der Waals surface area contributed by atoms with E-state index in [9.17, 15) is 9.00 Å². The lowest BCUT2D eigenvalue weighted by Crippen LogP contribution is -2.55. The van der Waals surface area contributed by atoms with Gasteiger partial charge in [-0.05, 0) is 25.0 Å². The molecule has 1 aromatic heterocycles. The van der Waals surface area contributed by atoms with Gasteiger partial charge in [0.15, 0.2) is 16.6 Å². The van der Waals surface area contributed by atoms with Crippen molar-refractivity contribution in [2.45, 2.75) is 30.2 Å². The first-order valence-electron chi connectivity index (χ1n) is 9.94. The van der Waals surface area contributed by atoms with Crippen LogP contribution in [0, 0.1) is 0 Å². The van der Waals surface area contributed by atoms with Gasteiger partial charge in [-0.3, -0.25) is 18.8 Å². The van der Waals surface area contributed by atoms with E-state index in [-0.39, 0.29) is 0 Å². The van der Waals surface area contributed by atoms with Gasteiger partial charge in [0, 0.05) is 45.3 Å². The molecule has 8 nitrogen and oxygen atoms in total. The van der Waals surface area contributed by atoms with Crippen LogP contribution in [0.3, 0.4) is 0 Å². The summed E-state index contributed by atoms with van der Waals surface area (Å²) in [6.07, 6.45) is 4.01. The van der Waals surface area contributed by atoms with E-state index in [4.69, 9.17) is 4.42 Å². The summed E-state index contributed by atoms with van der Waals surface area (Å²) in [5.41, 5.74) is 1.17. The predicted octanol–water partition coefficient (Wildman–Crippen LogP) is 0.996. The van der Waals surface area contributed by atoms with E-state index in [1.165, 1.54) is 23.8 Å². The van der Waals surface area contributed by atoms with Crippen LogP contribution in [0.15, 0.2) is 37.3 Å². The Morgan fingerprint density at radius 2 is 1.93 bits per heavy atom. The van der Waals surface area contributed by atoms with Crippen LogP contribution in [-0.2, 0) is 18.0 Å². The van der Waals surface area contributed by atoms with Crippen molar-refractivity contribution in [2.24, 2.45) is 12.0 Å². The highest BCUT2D eigenvalue weighted by molar-refractivity contribution is 7.83. The Hall–Kier alpha value is -2.13. The van der Waals surface area contributed by atoms with Gasteiger partial charge in [-0.1, -0.05) is 6.42 Å². The SMILES string of the molecule is Cn1c(=O)oc2cc(S(=O)N3CCN=C3N3CCN(C4CCC4)CC3)ccc21. The molecule has 0 radical (unpaired) electrons. The highest BCUT2D eigenvalue weighted by atomic mass is 32.2. The molecule has 5 rings (SSSR count). The molecule has 0 spiro atoms. The Bertz CT molecular complexity index is 1000. The molecule has 0 N–H and O–H groups in total. The molecule has 150 valence electrons. The second kappa shape index (κ2) is 7.04. The minimum Gasteiger partial charge on any atom is -0.408 e. The minimum atomic E-state index is -1.38. The molecule has 1 aromatic carbocycles. The molecule has 0 bridgehead atoms. The number of aliphatic imine (C=N–C) groups is 1. The van der Waals surface area contributed by atoms with Crippen molar-refractivity contribution < 1.29 is 8.63 Å². The Labute approximate surface area is 166 Å². The molecule has 9 heteroatoms. The smallest absolute Gasteiger partial charge is 0.408 e. The van der Waals surface area contributed by atoms with E-state index in [0.29, 0.717) is 29.1 Å². The summed E-state index contributed by atoms with van der Waals surface area (Å²) in [5, 5.41) is 0. The van der Waals surface area contributed by atoms with Gasteiger partial charge in [0.2, 0.25) is 5.96 Å². The molecule has 0 amide bonds. The molecular formula is C19H25N5O3S. The second-order valence-corrected chi connectivity index (χ2v) is 9.11. The Kier molecular flexibility index (Phi) is 4.51. The highest BCUT2D eigenvalue weighted by Gasteiger charge is 2.33. The number of hydrogen-bond acceptors (Lipinski definition) is 6. The van der Waals surface area contributed by atoms with Gasteiger partial charge in [0.25, 0.3) is 0 Å². The average Bonchev–Trinajstić information content (AvgIpc) is 3.25. The molecule has 2 aromatic rings. The van der Waals surface area contributed by atoms with Crippen molar-refractivity contribution >= 4 is 28.0 Å². The zero-order chi connectivity index (χ0) is 19.3. The number of benzene rings is 1. The maximum atomic E-state index is 13.3. The zero-order valence-corrected chi connectivity index (χ0v) is 16.9. The number of aromatic nitrogens is 1. The Balaban J connectivity index is 1.32. The third kappa shape index (κ3) is 2.97. The van der Waals surface area contributed by atoms with Crippen molar-refractivity contribution in [1.82, 2.24) is 18.7 Å². The van der Waals surface area contributed by atoms with Gasteiger partial charge in [0.1, 0.15) is 0 Å². The van der Waals surface area contributed by atoms with Gasteiger partial charge >= 0.3 is 5.76 Å². The highest BCUT2D eigenvalue weighted by Crippen LogP contribution is 2.26. The summed E-state index contributed by atoms with van der Waals surface area (Å²) in [4.78, 5) is 21.8. The standard InChI is InChI=1S/C19H25N5O3S/c1-21-16-6-5-15(13-17(16)27-19(21)25)28(26)24-8-7-20-18(24)23-11-9-22(10-12-23)14-3-2-4-14/h5-6,13-14H,2-4,7-12H2,1H3. The second-order valence-electron chi connectivity index (χ2n) is 7.70. The van der Waals surface area contributed by atoms with Crippen molar-refractivity contribution in [3.8, 4) is 0 Å². The van der Waals surface area contributed by atoms with E-state index in [2.05, 4.69) is 14.8 Å². The molecule has 1 saturated carbocycles. The van der Waals surface area contributed by atoms with Gasteiger partial charge in [-0.15, -0.1) is 0 Å². The maximum Gasteiger partial charge on any atom is 0.419 e. The quantitative estimate of drug-likeness (QED) is 0.764. The molecule has 28 heavy (non-hydrogen) atoms. The summed E-state index contributed by atoms with van der Waals surface area (Å²) < 4.78 is 21.8. The van der Waals surface area contributed by atoms with Crippen LogP contribution in [0.2, 0.25) is 0 Å². The lowest BCUT2D eigenvalue weighted by atomic mass is 9.91. The largest absolute Gasteiger partial charge is 0.419 e. The number of oxazole rings is 1. The van der Waals surface area contributed by atoms with E-state index in [1.54, 1.807) is 25.2 Å². The number of piperazine rings is 1. The predicted molar refractivity (Wildman–Crippen MR) is 108 cm³/mol. The third-order valence-electron chi connectivity index (χ3n) is 6.13. The molecule has 2 aliphatic heterocycles. The lowest BCUT2D eigenvalue weighted by Gasteiger charge is -2.44. The molecule has 1 saturated heterocycles. The molecule has 3 heterocycles. The number of aryl methyl sites for hydroxylation is 1. The molecular weight excluding hydrogens is 378 g/mol. The third-order valence-corrected chi connectivity index (χ3v) is 7.54. The van der Waals surface area contributed by atoms with Crippen molar-refractivity contribution in [2.75, 3.05) is 39.3 Å². The van der Waals surface area contributed by atoms with Crippen molar-refractivity contribution in [3.63, 3.8) is 0 Å². The number of guanidine groups is 1. The van der Waals surface area contributed by atoms with E-state index < -0.39 is 16.7 Å². The Morgan fingerprint density at radius 3 is 2.64 bits per heavy atom. The first-order valence-corrected chi connectivity index (χ1v) is 11.0. The molecule has 1 atom stereocenters. The van der Waals surface area contributed by atoms with Crippen LogP contribution in [0.25, 0.3) is 11.1 Å². The first-order chi connectivity index (χ1) is 13.6. The summed E-state index contributed by atoms with van der Waals surface area (Å²) in [7, 11) is 0.290. The molecule has 1 aliphatic carbocycles. The van der Waals surface area contributed by atoms with Crippen molar-refractivity contribution in [1.29, 1.82) is 0 Å². The zero-order valence-electron chi connectivity index (χ0n) is 16.0. The average molecular weight is 404 g/mol. The van der Waals surface area contributed by atoms with Crippen LogP contribution >= 0.6 is 0 Å². The summed E-state index contributed by atoms with van der Waals surface area (Å²) in [5.74, 6) is 0.423. The molecule has 3 aliphatic rings. The van der Waals surface area contributed by atoms with Crippen molar-refractivity contribution in [3.05, 3.63) is 28.7 Å². The lowest BCUT2D eigenvalue weighted by molar-refractivity contribution is 0.0834. The van der Waals surface area contributed by atoms with E-state index in [0.717, 1.165) is 38.2 Å². The monoisotopic (exact) mass is 403 g/mol. The maximum absolute atomic E-state index is 13.3. The fourth-order valence-electron chi connectivity index (χ4n) is 4.22. The van der Waals surface area contributed by atoms with Crippen LogP contribution in [0.5, 0.6) is 0 Å². The Morgan fingerprint density at radius 1 is 1.14 bits per heavy atom. The first kappa shape index (κ1) is 17.9. The van der Waals surface area contributed by atoms with Crippen LogP contribution in [0.1, 0.15) is 19.3 Å². The van der Waals surface area contributed by atoms with Crippen LogP contribution in [-0.4, -0.2) is 74.2 Å². The van der Waals surface area contributed by atoms with Crippen LogP contribution < -0.4 is 5.76 Å². The number of fused-ring (bicyclic) bond motifs is 1. The number of hydrogen-bond donors (Lipinski definition) is 0. The van der Waals surface area contributed by atoms with Crippen LogP contribution in [0.4, 0.5) is 0 Å². The normalized spacial score (nSPS) is 22.5.